The lowest BCUT2D eigenvalue weighted by Crippen LogP contribution is -2.52. The average Bonchev–Trinajstić information content (AvgIpc) is 2.68. The van der Waals surface area contributed by atoms with Gasteiger partial charge in [-0.3, -0.25) is 14.9 Å². The first-order chi connectivity index (χ1) is 13.7. The van der Waals surface area contributed by atoms with E-state index in [0.29, 0.717) is 23.1 Å². The van der Waals surface area contributed by atoms with Gasteiger partial charge in [-0.05, 0) is 53.7 Å². The number of benzene rings is 1. The summed E-state index contributed by atoms with van der Waals surface area (Å²) >= 11 is 5.56. The molecule has 2 bridgehead atoms. The molecule has 2 aliphatic rings. The molecule has 3 heterocycles. The minimum absolute atomic E-state index is 0.0498. The number of rotatable bonds is 1. The van der Waals surface area contributed by atoms with Crippen LogP contribution in [0.15, 0.2) is 47.3 Å². The van der Waals surface area contributed by atoms with Gasteiger partial charge in [-0.15, -0.1) is 0 Å². The summed E-state index contributed by atoms with van der Waals surface area (Å²) in [4.78, 5) is 26.9. The van der Waals surface area contributed by atoms with Crippen LogP contribution in [0.2, 0.25) is 0 Å². The summed E-state index contributed by atoms with van der Waals surface area (Å²) in [6.07, 6.45) is 1.06. The van der Waals surface area contributed by atoms with Crippen molar-refractivity contribution in [2.24, 2.45) is 5.92 Å². The molecular formula is C23H27N3O2S. The van der Waals surface area contributed by atoms with Crippen LogP contribution in [0.3, 0.4) is 0 Å². The maximum atomic E-state index is 12.7. The minimum atomic E-state index is -0.178. The van der Waals surface area contributed by atoms with Crippen LogP contribution in [0, 0.1) is 5.92 Å². The molecule has 0 spiro atoms. The normalized spacial score (nSPS) is 20.7. The highest BCUT2D eigenvalue weighted by atomic mass is 32.1. The molecule has 152 valence electrons. The summed E-state index contributed by atoms with van der Waals surface area (Å²) in [5, 5.41) is 3.37. The molecule has 1 amide bonds. The van der Waals surface area contributed by atoms with Crippen molar-refractivity contribution in [3.8, 4) is 0 Å². The van der Waals surface area contributed by atoms with E-state index in [2.05, 4.69) is 31.0 Å². The lowest BCUT2D eigenvalue weighted by molar-refractivity contribution is 0.0968. The number of nitrogens with zero attached hydrogens (tertiary/aromatic N) is 2. The lowest BCUT2D eigenvalue weighted by Gasteiger charge is -2.43. The number of piperidine rings is 1. The van der Waals surface area contributed by atoms with Crippen LogP contribution in [0.25, 0.3) is 0 Å². The smallest absolute Gasteiger partial charge is 0.257 e. The van der Waals surface area contributed by atoms with E-state index < -0.39 is 0 Å². The van der Waals surface area contributed by atoms with E-state index >= 15 is 0 Å². The molecule has 0 radical (unpaired) electrons. The molecule has 1 N–H and O–H groups in total. The van der Waals surface area contributed by atoms with Crippen LogP contribution in [-0.2, 0) is 12.0 Å². The number of amides is 1. The first-order valence-electron chi connectivity index (χ1n) is 10.1. The number of carbonyl (C=O) groups is 1. The van der Waals surface area contributed by atoms with Crippen LogP contribution in [0.4, 0.5) is 0 Å². The predicted molar refractivity (Wildman–Crippen MR) is 118 cm³/mol. The Morgan fingerprint density at radius 1 is 1.07 bits per heavy atom. The summed E-state index contributed by atoms with van der Waals surface area (Å²) in [5.74, 6) is 0.447. The molecule has 1 fully saturated rings. The number of likely N-dealkylation sites (tertiary alicyclic amines) is 1. The molecule has 2 atom stereocenters. The van der Waals surface area contributed by atoms with E-state index in [4.69, 9.17) is 12.2 Å². The average molecular weight is 410 g/mol. The minimum Gasteiger partial charge on any atom is -0.348 e. The van der Waals surface area contributed by atoms with Gasteiger partial charge in [0.1, 0.15) is 0 Å². The van der Waals surface area contributed by atoms with Gasteiger partial charge in [0, 0.05) is 42.9 Å². The molecule has 5 nitrogen and oxygen atoms in total. The van der Waals surface area contributed by atoms with E-state index in [1.165, 1.54) is 5.56 Å². The summed E-state index contributed by atoms with van der Waals surface area (Å²) in [6, 6.07) is 13.2. The fourth-order valence-electron chi connectivity index (χ4n) is 4.43. The van der Waals surface area contributed by atoms with Crippen LogP contribution in [0.5, 0.6) is 0 Å². The first kappa shape index (κ1) is 19.8. The number of pyridine rings is 1. The SMILES string of the molecule is CC(C)(C)c1ccc(C(=O)NC(=S)N2CC3CC(C2)c2cccc(=O)n2C3)cc1. The van der Waals surface area contributed by atoms with Crippen LogP contribution in [-0.4, -0.2) is 33.6 Å². The summed E-state index contributed by atoms with van der Waals surface area (Å²) in [5.41, 5.74) is 2.99. The fraction of sp³-hybridized carbons (Fsp3) is 0.435. The summed E-state index contributed by atoms with van der Waals surface area (Å²) < 4.78 is 1.90. The Labute approximate surface area is 176 Å². The van der Waals surface area contributed by atoms with Crippen molar-refractivity contribution in [1.82, 2.24) is 14.8 Å². The molecule has 4 rings (SSSR count). The van der Waals surface area contributed by atoms with Gasteiger partial charge in [0.05, 0.1) is 0 Å². The van der Waals surface area contributed by atoms with Crippen molar-refractivity contribution in [1.29, 1.82) is 0 Å². The Hall–Kier alpha value is -2.47. The largest absolute Gasteiger partial charge is 0.348 e. The second-order valence-electron chi connectivity index (χ2n) is 9.19. The van der Waals surface area contributed by atoms with E-state index in [1.807, 2.05) is 41.0 Å². The van der Waals surface area contributed by atoms with Crippen LogP contribution < -0.4 is 10.9 Å². The molecule has 2 aromatic rings. The number of thiocarbonyl (C=S) groups is 1. The molecule has 0 aliphatic carbocycles. The zero-order valence-electron chi connectivity index (χ0n) is 17.1. The quantitative estimate of drug-likeness (QED) is 0.735. The fourth-order valence-corrected chi connectivity index (χ4v) is 4.67. The molecule has 1 aromatic carbocycles. The molecule has 29 heavy (non-hydrogen) atoms. The van der Waals surface area contributed by atoms with Crippen molar-refractivity contribution >= 4 is 23.2 Å². The molecule has 1 aromatic heterocycles. The van der Waals surface area contributed by atoms with Gasteiger partial charge in [-0.1, -0.05) is 39.0 Å². The molecule has 2 unspecified atom stereocenters. The van der Waals surface area contributed by atoms with Crippen molar-refractivity contribution in [2.75, 3.05) is 13.1 Å². The molecular weight excluding hydrogens is 382 g/mol. The first-order valence-corrected chi connectivity index (χ1v) is 10.5. The highest BCUT2D eigenvalue weighted by molar-refractivity contribution is 7.80. The van der Waals surface area contributed by atoms with Crippen LogP contribution in [0.1, 0.15) is 54.7 Å². The summed E-state index contributed by atoms with van der Waals surface area (Å²) in [6.45, 7) is 8.65. The second-order valence-corrected chi connectivity index (χ2v) is 9.58. The molecule has 2 aliphatic heterocycles. The zero-order chi connectivity index (χ0) is 20.8. The number of nitrogens with one attached hydrogen (secondary N) is 1. The molecule has 0 saturated carbocycles. The van der Waals surface area contributed by atoms with Crippen molar-refractivity contribution in [3.05, 3.63) is 69.6 Å². The number of fused-ring (bicyclic) bond motifs is 4. The Morgan fingerprint density at radius 2 is 1.79 bits per heavy atom. The third-order valence-electron chi connectivity index (χ3n) is 6.00. The van der Waals surface area contributed by atoms with Gasteiger partial charge in [0.25, 0.3) is 11.5 Å². The van der Waals surface area contributed by atoms with Crippen molar-refractivity contribution in [2.45, 2.75) is 45.1 Å². The number of hydrogen-bond acceptors (Lipinski definition) is 3. The van der Waals surface area contributed by atoms with Crippen molar-refractivity contribution < 1.29 is 4.79 Å². The Kier molecular flexibility index (Phi) is 5.07. The third kappa shape index (κ3) is 3.99. The second kappa shape index (κ2) is 7.41. The standard InChI is InChI=1S/C23H27N3O2S/c1-23(2,3)18-9-7-16(8-10-18)21(28)24-22(29)25-12-15-11-17(14-25)19-5-4-6-20(27)26(19)13-15/h4-10,15,17H,11-14H2,1-3H3,(H,24,28,29). The molecule has 6 heteroatoms. The maximum absolute atomic E-state index is 12.7. The summed E-state index contributed by atoms with van der Waals surface area (Å²) in [7, 11) is 0. The van der Waals surface area contributed by atoms with E-state index in [0.717, 1.165) is 25.2 Å². The van der Waals surface area contributed by atoms with E-state index in [9.17, 15) is 9.59 Å². The Bertz CT molecular complexity index is 1000. The van der Waals surface area contributed by atoms with E-state index in [-0.39, 0.29) is 22.8 Å². The lowest BCUT2D eigenvalue weighted by atomic mass is 9.83. The Balaban J connectivity index is 1.44. The van der Waals surface area contributed by atoms with Crippen molar-refractivity contribution in [3.63, 3.8) is 0 Å². The number of hydrogen-bond donors (Lipinski definition) is 1. The van der Waals surface area contributed by atoms with E-state index in [1.54, 1.807) is 6.07 Å². The number of carbonyl (C=O) groups excluding carboxylic acids is 1. The third-order valence-corrected chi connectivity index (χ3v) is 6.36. The van der Waals surface area contributed by atoms with Crippen LogP contribution >= 0.6 is 12.2 Å². The van der Waals surface area contributed by atoms with Gasteiger partial charge in [0.15, 0.2) is 5.11 Å². The highest BCUT2D eigenvalue weighted by Gasteiger charge is 2.35. The topological polar surface area (TPSA) is 54.3 Å². The molecule has 1 saturated heterocycles. The highest BCUT2D eigenvalue weighted by Crippen LogP contribution is 2.34. The van der Waals surface area contributed by atoms with Gasteiger partial charge in [-0.2, -0.15) is 0 Å². The predicted octanol–water partition coefficient (Wildman–Crippen LogP) is 3.28. The number of aromatic nitrogens is 1. The van der Waals surface area contributed by atoms with Gasteiger partial charge >= 0.3 is 0 Å². The van der Waals surface area contributed by atoms with Gasteiger partial charge < -0.3 is 9.47 Å². The van der Waals surface area contributed by atoms with Gasteiger partial charge in [-0.25, -0.2) is 0 Å². The van der Waals surface area contributed by atoms with Gasteiger partial charge in [0.2, 0.25) is 0 Å². The maximum Gasteiger partial charge on any atom is 0.257 e. The Morgan fingerprint density at radius 3 is 2.48 bits per heavy atom. The monoisotopic (exact) mass is 409 g/mol. The zero-order valence-corrected chi connectivity index (χ0v) is 18.0.